The Morgan fingerprint density at radius 2 is 1.80 bits per heavy atom. The summed E-state index contributed by atoms with van der Waals surface area (Å²) in [5, 5.41) is 20.2. The van der Waals surface area contributed by atoms with Gasteiger partial charge >= 0.3 is 6.09 Å². The van der Waals surface area contributed by atoms with Crippen molar-refractivity contribution in [3.05, 3.63) is 71.5 Å². The molecule has 0 saturated heterocycles. The second-order valence-corrected chi connectivity index (χ2v) is 7.88. The summed E-state index contributed by atoms with van der Waals surface area (Å²) >= 11 is 0. The second kappa shape index (κ2) is 7.91. The number of ether oxygens (including phenoxy) is 1. The van der Waals surface area contributed by atoms with Crippen LogP contribution < -0.4 is 5.32 Å². The van der Waals surface area contributed by atoms with Crippen LogP contribution in [0.5, 0.6) is 0 Å². The van der Waals surface area contributed by atoms with Crippen LogP contribution in [0.1, 0.15) is 41.6 Å². The Labute approximate surface area is 174 Å². The van der Waals surface area contributed by atoms with Crippen molar-refractivity contribution < 1.29 is 14.6 Å². The van der Waals surface area contributed by atoms with Crippen molar-refractivity contribution in [3.8, 4) is 11.1 Å². The van der Waals surface area contributed by atoms with Crippen LogP contribution in [0.15, 0.2) is 54.7 Å². The molecule has 7 nitrogen and oxygen atoms in total. The maximum absolute atomic E-state index is 12.5. The summed E-state index contributed by atoms with van der Waals surface area (Å²) in [5.74, 6) is 0.0525. The third-order valence-corrected chi connectivity index (χ3v) is 6.15. The number of alkyl carbamates (subject to hydrolysis) is 1. The Hall–Kier alpha value is -3.19. The highest BCUT2D eigenvalue weighted by Crippen LogP contribution is 2.44. The zero-order valence-electron chi connectivity index (χ0n) is 16.6. The molecule has 1 aromatic heterocycles. The van der Waals surface area contributed by atoms with Crippen LogP contribution in [-0.4, -0.2) is 45.4 Å². The first-order valence-corrected chi connectivity index (χ1v) is 10.4. The first kappa shape index (κ1) is 18.8. The van der Waals surface area contributed by atoms with Gasteiger partial charge in [0.2, 0.25) is 0 Å². The predicted octanol–water partition coefficient (Wildman–Crippen LogP) is 3.06. The molecule has 2 atom stereocenters. The number of aliphatic hydroxyl groups is 1. The minimum Gasteiger partial charge on any atom is -0.449 e. The number of hydrogen-bond acceptors (Lipinski definition) is 5. The minimum absolute atomic E-state index is 0.0238. The van der Waals surface area contributed by atoms with E-state index in [-0.39, 0.29) is 24.6 Å². The number of fused-ring (bicyclic) bond motifs is 3. The van der Waals surface area contributed by atoms with Crippen molar-refractivity contribution in [2.24, 2.45) is 0 Å². The van der Waals surface area contributed by atoms with Crippen molar-refractivity contribution in [2.45, 2.75) is 37.3 Å². The van der Waals surface area contributed by atoms with Crippen molar-refractivity contribution in [2.75, 3.05) is 13.2 Å². The van der Waals surface area contributed by atoms with E-state index in [4.69, 9.17) is 9.84 Å². The van der Waals surface area contributed by atoms with Crippen molar-refractivity contribution in [1.29, 1.82) is 0 Å². The normalized spacial score (nSPS) is 19.6. The average molecular weight is 404 g/mol. The summed E-state index contributed by atoms with van der Waals surface area (Å²) in [6.07, 6.45) is 3.73. The highest BCUT2D eigenvalue weighted by atomic mass is 16.5. The van der Waals surface area contributed by atoms with Crippen LogP contribution in [0.25, 0.3) is 11.1 Å². The van der Waals surface area contributed by atoms with E-state index in [2.05, 4.69) is 39.9 Å². The first-order chi connectivity index (χ1) is 14.7. The molecule has 2 aliphatic carbocycles. The van der Waals surface area contributed by atoms with Gasteiger partial charge in [0.05, 0.1) is 17.8 Å². The molecule has 5 rings (SSSR count). The standard InChI is InChI=1S/C23H24N4O3/c28-12-11-15-13-27(26-25-15)22-10-9-21(22)24-23(29)30-14-20-18-7-3-1-5-16(18)17-6-2-4-8-19(17)20/h1-8,13,20-22,28H,9-12,14H2,(H,24,29). The summed E-state index contributed by atoms with van der Waals surface area (Å²) in [5.41, 5.74) is 5.58. The average Bonchev–Trinajstić information content (AvgIpc) is 3.32. The van der Waals surface area contributed by atoms with E-state index in [0.29, 0.717) is 13.0 Å². The number of hydrogen-bond donors (Lipinski definition) is 2. The van der Waals surface area contributed by atoms with Crippen LogP contribution in [0, 0.1) is 0 Å². The molecule has 7 heteroatoms. The maximum Gasteiger partial charge on any atom is 0.407 e. The van der Waals surface area contributed by atoms with Crippen LogP contribution in [0.4, 0.5) is 4.79 Å². The topological polar surface area (TPSA) is 89.3 Å². The molecule has 154 valence electrons. The lowest BCUT2D eigenvalue weighted by atomic mass is 9.86. The lowest BCUT2D eigenvalue weighted by Crippen LogP contribution is -2.48. The molecule has 0 bridgehead atoms. The molecule has 2 aliphatic rings. The van der Waals surface area contributed by atoms with Crippen molar-refractivity contribution >= 4 is 6.09 Å². The fourth-order valence-electron chi connectivity index (χ4n) is 4.46. The Kier molecular flexibility index (Phi) is 4.96. The molecular weight excluding hydrogens is 380 g/mol. The molecule has 2 aromatic carbocycles. The van der Waals surface area contributed by atoms with Gasteiger partial charge < -0.3 is 15.2 Å². The molecule has 3 aromatic rings. The summed E-state index contributed by atoms with van der Waals surface area (Å²) in [6, 6.07) is 16.6. The molecular formula is C23H24N4O3. The number of aromatic nitrogens is 3. The van der Waals surface area contributed by atoms with Crippen LogP contribution in [0.3, 0.4) is 0 Å². The molecule has 1 heterocycles. The van der Waals surface area contributed by atoms with Gasteiger partial charge in [-0.3, -0.25) is 0 Å². The Morgan fingerprint density at radius 3 is 2.43 bits per heavy atom. The Balaban J connectivity index is 1.22. The molecule has 1 amide bonds. The second-order valence-electron chi connectivity index (χ2n) is 7.88. The fraction of sp³-hybridized carbons (Fsp3) is 0.348. The zero-order chi connectivity index (χ0) is 20.5. The summed E-state index contributed by atoms with van der Waals surface area (Å²) < 4.78 is 7.43. The van der Waals surface area contributed by atoms with E-state index in [0.717, 1.165) is 18.5 Å². The lowest BCUT2D eigenvalue weighted by molar-refractivity contribution is 0.119. The van der Waals surface area contributed by atoms with Crippen LogP contribution in [0.2, 0.25) is 0 Å². The van der Waals surface area contributed by atoms with E-state index in [9.17, 15) is 4.79 Å². The largest absolute Gasteiger partial charge is 0.449 e. The summed E-state index contributed by atoms with van der Waals surface area (Å²) in [6.45, 7) is 0.353. The highest BCUT2D eigenvalue weighted by Gasteiger charge is 2.35. The number of carbonyl (C=O) groups excluding carboxylic acids is 1. The maximum atomic E-state index is 12.5. The highest BCUT2D eigenvalue weighted by molar-refractivity contribution is 5.79. The van der Waals surface area contributed by atoms with Gasteiger partial charge in [0.25, 0.3) is 0 Å². The van der Waals surface area contributed by atoms with Gasteiger partial charge in [-0.2, -0.15) is 0 Å². The van der Waals surface area contributed by atoms with Crippen LogP contribution in [-0.2, 0) is 11.2 Å². The van der Waals surface area contributed by atoms with E-state index >= 15 is 0 Å². The molecule has 0 radical (unpaired) electrons. The fourth-order valence-corrected chi connectivity index (χ4v) is 4.46. The van der Waals surface area contributed by atoms with Gasteiger partial charge in [0.15, 0.2) is 0 Å². The van der Waals surface area contributed by atoms with Gasteiger partial charge in [-0.15, -0.1) is 5.10 Å². The van der Waals surface area contributed by atoms with Crippen LogP contribution >= 0.6 is 0 Å². The van der Waals surface area contributed by atoms with Gasteiger partial charge in [-0.1, -0.05) is 53.7 Å². The number of benzene rings is 2. The smallest absolute Gasteiger partial charge is 0.407 e. The predicted molar refractivity (Wildman–Crippen MR) is 111 cm³/mol. The molecule has 1 saturated carbocycles. The van der Waals surface area contributed by atoms with Gasteiger partial charge in [-0.05, 0) is 35.1 Å². The lowest BCUT2D eigenvalue weighted by Gasteiger charge is -2.36. The number of rotatable bonds is 6. The molecule has 2 N–H and O–H groups in total. The quantitative estimate of drug-likeness (QED) is 0.659. The van der Waals surface area contributed by atoms with E-state index in [1.165, 1.54) is 22.3 Å². The van der Waals surface area contributed by atoms with Gasteiger partial charge in [0.1, 0.15) is 6.61 Å². The van der Waals surface area contributed by atoms with Crippen molar-refractivity contribution in [3.63, 3.8) is 0 Å². The first-order valence-electron chi connectivity index (χ1n) is 10.4. The van der Waals surface area contributed by atoms with Gasteiger partial charge in [0, 0.05) is 25.1 Å². The third kappa shape index (κ3) is 3.35. The SMILES string of the molecule is O=C(NC1CCC1n1cc(CCO)nn1)OCC1c2ccccc2-c2ccccc21. The summed E-state index contributed by atoms with van der Waals surface area (Å²) in [4.78, 5) is 12.5. The van der Waals surface area contributed by atoms with Gasteiger partial charge in [-0.25, -0.2) is 9.48 Å². The molecule has 1 fully saturated rings. The number of nitrogens with zero attached hydrogens (tertiary/aromatic N) is 3. The summed E-state index contributed by atoms with van der Waals surface area (Å²) in [7, 11) is 0. The number of carbonyl (C=O) groups is 1. The van der Waals surface area contributed by atoms with E-state index in [1.807, 2.05) is 30.5 Å². The van der Waals surface area contributed by atoms with E-state index in [1.54, 1.807) is 4.68 Å². The van der Waals surface area contributed by atoms with E-state index < -0.39 is 6.09 Å². The monoisotopic (exact) mass is 404 g/mol. The third-order valence-electron chi connectivity index (χ3n) is 6.15. The number of aliphatic hydroxyl groups excluding tert-OH is 1. The molecule has 0 spiro atoms. The zero-order valence-corrected chi connectivity index (χ0v) is 16.6. The molecule has 30 heavy (non-hydrogen) atoms. The molecule has 2 unspecified atom stereocenters. The van der Waals surface area contributed by atoms with Crippen molar-refractivity contribution in [1.82, 2.24) is 20.3 Å². The molecule has 0 aliphatic heterocycles. The Morgan fingerprint density at radius 1 is 1.10 bits per heavy atom. The number of amides is 1. The minimum atomic E-state index is -0.401. The number of nitrogens with one attached hydrogen (secondary N) is 1. The Bertz CT molecular complexity index is 1020.